The molecule has 0 bridgehead atoms. The largest absolute Gasteiger partial charge is 0.481 e. The van der Waals surface area contributed by atoms with Crippen LogP contribution in [0.25, 0.3) is 0 Å². The molecule has 1 unspecified atom stereocenters. The highest BCUT2D eigenvalue weighted by Crippen LogP contribution is 2.24. The SMILES string of the molecule is O=C(O)CC1CN(C(=O)C(O)c2ccccc2)C1. The van der Waals surface area contributed by atoms with Gasteiger partial charge >= 0.3 is 5.97 Å². The maximum absolute atomic E-state index is 11.9. The third-order valence-corrected chi connectivity index (χ3v) is 3.08. The summed E-state index contributed by atoms with van der Waals surface area (Å²) in [5.74, 6) is -1.20. The van der Waals surface area contributed by atoms with Crippen LogP contribution in [-0.4, -0.2) is 40.1 Å². The zero-order chi connectivity index (χ0) is 13.1. The van der Waals surface area contributed by atoms with Crippen molar-refractivity contribution in [2.75, 3.05) is 13.1 Å². The van der Waals surface area contributed by atoms with Gasteiger partial charge < -0.3 is 15.1 Å². The van der Waals surface area contributed by atoms with Gasteiger partial charge in [0.1, 0.15) is 0 Å². The molecule has 0 saturated carbocycles. The van der Waals surface area contributed by atoms with Crippen molar-refractivity contribution in [1.82, 2.24) is 4.90 Å². The Morgan fingerprint density at radius 2 is 1.89 bits per heavy atom. The predicted octanol–water partition coefficient (Wildman–Crippen LogP) is 0.653. The molecular formula is C13H15NO4. The lowest BCUT2D eigenvalue weighted by Gasteiger charge is -2.39. The molecule has 2 rings (SSSR count). The number of amides is 1. The molecule has 1 aliphatic rings. The molecule has 1 amide bonds. The molecule has 1 aliphatic heterocycles. The normalized spacial score (nSPS) is 17.1. The molecule has 96 valence electrons. The third-order valence-electron chi connectivity index (χ3n) is 3.08. The van der Waals surface area contributed by atoms with Gasteiger partial charge in [0, 0.05) is 19.0 Å². The van der Waals surface area contributed by atoms with E-state index in [1.54, 1.807) is 24.3 Å². The highest BCUT2D eigenvalue weighted by atomic mass is 16.4. The van der Waals surface area contributed by atoms with E-state index in [1.165, 1.54) is 4.90 Å². The van der Waals surface area contributed by atoms with Crippen molar-refractivity contribution in [3.63, 3.8) is 0 Å². The van der Waals surface area contributed by atoms with Crippen molar-refractivity contribution in [2.45, 2.75) is 12.5 Å². The average Bonchev–Trinajstić information content (AvgIpc) is 2.32. The first-order valence-electron chi connectivity index (χ1n) is 5.81. The molecule has 1 fully saturated rings. The summed E-state index contributed by atoms with van der Waals surface area (Å²) in [5.41, 5.74) is 0.559. The fraction of sp³-hybridized carbons (Fsp3) is 0.385. The summed E-state index contributed by atoms with van der Waals surface area (Å²) in [6.07, 6.45) is -1.08. The van der Waals surface area contributed by atoms with Crippen LogP contribution in [0.2, 0.25) is 0 Å². The molecule has 2 N–H and O–H groups in total. The number of benzene rings is 1. The van der Waals surface area contributed by atoms with Crippen LogP contribution in [0.5, 0.6) is 0 Å². The van der Waals surface area contributed by atoms with E-state index in [0.717, 1.165) is 0 Å². The van der Waals surface area contributed by atoms with E-state index in [2.05, 4.69) is 0 Å². The number of aliphatic carboxylic acids is 1. The van der Waals surface area contributed by atoms with Gasteiger partial charge in [0.2, 0.25) is 0 Å². The van der Waals surface area contributed by atoms with Gasteiger partial charge in [-0.2, -0.15) is 0 Å². The van der Waals surface area contributed by atoms with Crippen molar-refractivity contribution in [1.29, 1.82) is 0 Å². The van der Waals surface area contributed by atoms with Crippen LogP contribution < -0.4 is 0 Å². The number of hydrogen-bond acceptors (Lipinski definition) is 3. The third kappa shape index (κ3) is 2.68. The number of aliphatic hydroxyl groups excluding tert-OH is 1. The van der Waals surface area contributed by atoms with E-state index in [0.29, 0.717) is 18.7 Å². The number of carbonyl (C=O) groups is 2. The van der Waals surface area contributed by atoms with Crippen LogP contribution in [0.1, 0.15) is 18.1 Å². The summed E-state index contributed by atoms with van der Waals surface area (Å²) in [5, 5.41) is 18.5. The number of carbonyl (C=O) groups excluding carboxylic acids is 1. The molecule has 5 nitrogen and oxygen atoms in total. The second-order valence-corrected chi connectivity index (χ2v) is 4.52. The number of hydrogen-bond donors (Lipinski definition) is 2. The fourth-order valence-electron chi connectivity index (χ4n) is 2.08. The number of likely N-dealkylation sites (tertiary alicyclic amines) is 1. The quantitative estimate of drug-likeness (QED) is 0.821. The van der Waals surface area contributed by atoms with Crippen molar-refractivity contribution in [3.8, 4) is 0 Å². The summed E-state index contributed by atoms with van der Waals surface area (Å²) in [6.45, 7) is 0.823. The molecule has 1 atom stereocenters. The summed E-state index contributed by atoms with van der Waals surface area (Å²) in [7, 11) is 0. The zero-order valence-corrected chi connectivity index (χ0v) is 9.82. The molecule has 0 aromatic heterocycles. The van der Waals surface area contributed by atoms with E-state index in [4.69, 9.17) is 5.11 Å². The smallest absolute Gasteiger partial charge is 0.303 e. The Labute approximate surface area is 105 Å². The summed E-state index contributed by atoms with van der Waals surface area (Å²) in [4.78, 5) is 23.9. The van der Waals surface area contributed by atoms with Crippen molar-refractivity contribution in [2.24, 2.45) is 5.92 Å². The van der Waals surface area contributed by atoms with E-state index < -0.39 is 12.1 Å². The van der Waals surface area contributed by atoms with Gasteiger partial charge in [0.15, 0.2) is 6.10 Å². The monoisotopic (exact) mass is 249 g/mol. The molecule has 1 aromatic rings. The van der Waals surface area contributed by atoms with Gasteiger partial charge in [-0.15, -0.1) is 0 Å². The lowest BCUT2D eigenvalue weighted by molar-refractivity contribution is -0.150. The number of aliphatic hydroxyl groups is 1. The Morgan fingerprint density at radius 1 is 1.28 bits per heavy atom. The Kier molecular flexibility index (Phi) is 3.62. The van der Waals surface area contributed by atoms with E-state index in [-0.39, 0.29) is 18.2 Å². The van der Waals surface area contributed by atoms with Crippen LogP contribution in [0, 0.1) is 5.92 Å². The number of rotatable bonds is 4. The molecule has 18 heavy (non-hydrogen) atoms. The van der Waals surface area contributed by atoms with Gasteiger partial charge in [0.05, 0.1) is 6.42 Å². The molecule has 1 heterocycles. The highest BCUT2D eigenvalue weighted by Gasteiger charge is 2.35. The second kappa shape index (κ2) is 5.18. The standard InChI is InChI=1S/C13H15NO4/c15-11(16)6-9-7-14(8-9)13(18)12(17)10-4-2-1-3-5-10/h1-5,9,12,17H,6-8H2,(H,15,16). The highest BCUT2D eigenvalue weighted by molar-refractivity contribution is 5.83. The lowest BCUT2D eigenvalue weighted by Crippen LogP contribution is -2.52. The predicted molar refractivity (Wildman–Crippen MR) is 63.7 cm³/mol. The van der Waals surface area contributed by atoms with Crippen LogP contribution in [0.15, 0.2) is 30.3 Å². The fourth-order valence-corrected chi connectivity index (χ4v) is 2.08. The van der Waals surface area contributed by atoms with Crippen LogP contribution in [0.3, 0.4) is 0 Å². The lowest BCUT2D eigenvalue weighted by atomic mass is 9.95. The molecular weight excluding hydrogens is 234 g/mol. The van der Waals surface area contributed by atoms with Gasteiger partial charge in [-0.1, -0.05) is 30.3 Å². The van der Waals surface area contributed by atoms with Gasteiger partial charge in [-0.3, -0.25) is 9.59 Å². The first-order chi connectivity index (χ1) is 8.58. The Hall–Kier alpha value is -1.88. The van der Waals surface area contributed by atoms with Crippen LogP contribution in [-0.2, 0) is 9.59 Å². The maximum Gasteiger partial charge on any atom is 0.303 e. The van der Waals surface area contributed by atoms with Crippen molar-refractivity contribution in [3.05, 3.63) is 35.9 Å². The minimum absolute atomic E-state index is 0.00873. The van der Waals surface area contributed by atoms with E-state index >= 15 is 0 Å². The first-order valence-corrected chi connectivity index (χ1v) is 5.81. The second-order valence-electron chi connectivity index (χ2n) is 4.52. The number of carboxylic acids is 1. The van der Waals surface area contributed by atoms with Gasteiger partial charge in [-0.25, -0.2) is 0 Å². The number of nitrogens with zero attached hydrogens (tertiary/aromatic N) is 1. The molecule has 1 aromatic carbocycles. The molecule has 5 heteroatoms. The molecule has 1 saturated heterocycles. The van der Waals surface area contributed by atoms with Gasteiger partial charge in [0.25, 0.3) is 5.91 Å². The van der Waals surface area contributed by atoms with E-state index in [1.807, 2.05) is 6.07 Å². The first kappa shape index (κ1) is 12.6. The number of carboxylic acid groups (broad SMARTS) is 1. The van der Waals surface area contributed by atoms with Crippen molar-refractivity contribution < 1.29 is 19.8 Å². The topological polar surface area (TPSA) is 77.8 Å². The van der Waals surface area contributed by atoms with Crippen molar-refractivity contribution >= 4 is 11.9 Å². The molecule has 0 aliphatic carbocycles. The van der Waals surface area contributed by atoms with E-state index in [9.17, 15) is 14.7 Å². The molecule has 0 radical (unpaired) electrons. The zero-order valence-electron chi connectivity index (χ0n) is 9.82. The maximum atomic E-state index is 11.9. The Bertz CT molecular complexity index is 440. The van der Waals surface area contributed by atoms with Crippen LogP contribution in [0.4, 0.5) is 0 Å². The summed E-state index contributed by atoms with van der Waals surface area (Å²) in [6, 6.07) is 8.71. The Balaban J connectivity index is 1.88. The van der Waals surface area contributed by atoms with Crippen LogP contribution >= 0.6 is 0 Å². The Morgan fingerprint density at radius 3 is 2.44 bits per heavy atom. The minimum Gasteiger partial charge on any atom is -0.481 e. The summed E-state index contributed by atoms with van der Waals surface area (Å²) < 4.78 is 0. The average molecular weight is 249 g/mol. The summed E-state index contributed by atoms with van der Waals surface area (Å²) >= 11 is 0. The molecule has 0 spiro atoms. The van der Waals surface area contributed by atoms with Gasteiger partial charge in [-0.05, 0) is 5.56 Å². The minimum atomic E-state index is -1.16.